The van der Waals surface area contributed by atoms with Crippen molar-refractivity contribution in [2.24, 2.45) is 0 Å². The summed E-state index contributed by atoms with van der Waals surface area (Å²) in [6.07, 6.45) is -3.32. The molecule has 6 aliphatic carbocycles. The maximum Gasteiger partial charge on any atom is 0.418 e. The zero-order valence-corrected chi connectivity index (χ0v) is 56.4. The fourth-order valence-corrected chi connectivity index (χ4v) is 15.0. The molecule has 0 spiro atoms. The summed E-state index contributed by atoms with van der Waals surface area (Å²) in [6, 6.07) is 28.1. The van der Waals surface area contributed by atoms with Crippen LogP contribution >= 0.6 is 0 Å². The Bertz CT molecular complexity index is 5080. The van der Waals surface area contributed by atoms with Gasteiger partial charge in [0.2, 0.25) is 17.8 Å². The van der Waals surface area contributed by atoms with Crippen molar-refractivity contribution in [2.75, 3.05) is 16.0 Å². The van der Waals surface area contributed by atoms with Crippen molar-refractivity contribution >= 4 is 51.5 Å². The Morgan fingerprint density at radius 3 is 0.917 bits per heavy atom. The molecule has 21 nitrogen and oxygen atoms in total. The lowest BCUT2D eigenvalue weighted by atomic mass is 9.88. The number of hydrogen-bond acceptors (Lipinski definition) is 18. The molecule has 0 radical (unpaired) electrons. The number of hydrogen-bond donors (Lipinski definition) is 6. The second-order valence-electron chi connectivity index (χ2n) is 27.1. The summed E-state index contributed by atoms with van der Waals surface area (Å²) in [5.41, 5.74) is 14.0. The molecule has 9 heterocycles. The lowest BCUT2D eigenvalue weighted by Crippen LogP contribution is -2.26. The van der Waals surface area contributed by atoms with Crippen LogP contribution in [-0.2, 0) is 19.3 Å². The summed E-state index contributed by atoms with van der Waals surface area (Å²) in [5.74, 6) is -1.55. The van der Waals surface area contributed by atoms with Crippen LogP contribution in [0.1, 0.15) is 126 Å². The number of nitrogens with one attached hydrogen (secondary N) is 3. The minimum atomic E-state index is -4.91. The van der Waals surface area contributed by atoms with E-state index >= 15 is 0 Å². The largest absolute Gasteiger partial charge is 0.418 e. The van der Waals surface area contributed by atoms with Gasteiger partial charge in [-0.3, -0.25) is 15.0 Å². The lowest BCUT2D eigenvalue weighted by Gasteiger charge is -2.26. The highest BCUT2D eigenvalue weighted by Crippen LogP contribution is 2.47. The van der Waals surface area contributed by atoms with E-state index in [0.29, 0.717) is 19.3 Å². The van der Waals surface area contributed by atoms with Crippen molar-refractivity contribution in [1.82, 2.24) is 73.7 Å². The Kier molecular flexibility index (Phi) is 18.3. The summed E-state index contributed by atoms with van der Waals surface area (Å²) in [6.45, 7) is 0. The van der Waals surface area contributed by atoms with Crippen LogP contribution in [0.5, 0.6) is 0 Å². The van der Waals surface area contributed by atoms with Gasteiger partial charge in [-0.2, -0.15) is 83.3 Å². The van der Waals surface area contributed by atoms with E-state index in [4.69, 9.17) is 0 Å². The molecule has 9 aromatic heterocycles. The Morgan fingerprint density at radius 2 is 0.648 bits per heavy atom. The van der Waals surface area contributed by atoms with Gasteiger partial charge in [-0.05, 0) is 145 Å². The van der Waals surface area contributed by atoms with Gasteiger partial charge in [-0.25, -0.2) is 28.1 Å². The quantitative estimate of drug-likeness (QED) is 0.0621. The third-order valence-corrected chi connectivity index (χ3v) is 20.1. The van der Waals surface area contributed by atoms with Gasteiger partial charge >= 0.3 is 18.5 Å². The van der Waals surface area contributed by atoms with Gasteiger partial charge in [0.1, 0.15) is 17.5 Å². The zero-order valence-electron chi connectivity index (χ0n) is 56.4. The van der Waals surface area contributed by atoms with Crippen LogP contribution in [0.2, 0.25) is 0 Å². The highest BCUT2D eigenvalue weighted by Gasteiger charge is 2.45. The van der Waals surface area contributed by atoms with Crippen molar-refractivity contribution < 1.29 is 68.0 Å². The van der Waals surface area contributed by atoms with E-state index in [9.17, 15) is 68.0 Å². The van der Waals surface area contributed by atoms with Crippen LogP contribution in [0.25, 0.3) is 67.8 Å². The number of benzene rings is 3. The Labute approximate surface area is 604 Å². The number of rotatable bonds is 12. The Morgan fingerprint density at radius 1 is 0.370 bits per heavy atom. The molecule has 0 amide bonds. The highest BCUT2D eigenvalue weighted by molar-refractivity contribution is 5.80. The van der Waals surface area contributed by atoms with Crippen LogP contribution in [0.3, 0.4) is 0 Å². The summed E-state index contributed by atoms with van der Waals surface area (Å²) >= 11 is 0. The van der Waals surface area contributed by atoms with Gasteiger partial charge in [-0.15, -0.1) is 0 Å². The summed E-state index contributed by atoms with van der Waals surface area (Å²) in [5, 5.41) is 51.8. The van der Waals surface area contributed by atoms with E-state index in [1.807, 2.05) is 36.4 Å². The van der Waals surface area contributed by atoms with Crippen molar-refractivity contribution in [3.05, 3.63) is 231 Å². The monoisotopic (exact) mass is 1490 g/mol. The molecule has 33 heteroatoms. The molecule has 18 rings (SSSR count). The smallest absolute Gasteiger partial charge is 0.379 e. The number of fused-ring (bicyclic) bond motifs is 9. The molecule has 6 aliphatic rings. The molecular weight excluding hydrogens is 1430 g/mol. The van der Waals surface area contributed by atoms with E-state index in [1.54, 1.807) is 0 Å². The topological polar surface area (TPSA) is 265 Å². The van der Waals surface area contributed by atoms with E-state index in [2.05, 4.69) is 113 Å². The second kappa shape index (κ2) is 28.0. The number of allylic oxidation sites excluding steroid dienone is 3. The van der Waals surface area contributed by atoms with Gasteiger partial charge in [0.05, 0.1) is 53.9 Å². The van der Waals surface area contributed by atoms with Crippen LogP contribution in [0.4, 0.5) is 70.5 Å². The number of aromatic nitrogens is 15. The molecule has 6 atom stereocenters. The highest BCUT2D eigenvalue weighted by atomic mass is 19.4. The number of aliphatic hydroxyl groups excluding tert-OH is 3. The predicted octanol–water partition coefficient (Wildman–Crippen LogP) is 14.7. The summed E-state index contributed by atoms with van der Waals surface area (Å²) in [4.78, 5) is 37.3. The minimum Gasteiger partial charge on any atom is -0.379 e. The van der Waals surface area contributed by atoms with Crippen molar-refractivity contribution in [3.8, 4) is 34.2 Å². The minimum absolute atomic E-state index is 0.0324. The SMILES string of the molecule is OC(c1cnn2c(N[C@@H]3CCC4=C(C3)c3ccccc3C4)nc(-c3cncc(F)c3)nc12)C(F)(F)F.O[C@@H](c1cnn2c(N[C@@H]3CCC4=C(C3)c3ccccc3C4)nc(-c3cncc(F)c3)nc12)C(F)(F)F.O[C@H](c1cnn2c(N[C@@H]3CCC4=C(C3)c3ccccc3C4)nc(-c3cncc(F)c3)nc12)C(F)(F)F. The average molecular weight is 1490 g/mol. The summed E-state index contributed by atoms with van der Waals surface area (Å²) in [7, 11) is 0. The van der Waals surface area contributed by atoms with Crippen LogP contribution in [-0.4, -0.2) is 126 Å². The second-order valence-corrected chi connectivity index (χ2v) is 27.1. The number of aliphatic hydroxyl groups is 3. The van der Waals surface area contributed by atoms with Gasteiger partial charge < -0.3 is 31.3 Å². The molecule has 0 saturated heterocycles. The lowest BCUT2D eigenvalue weighted by molar-refractivity contribution is -0.206. The van der Waals surface area contributed by atoms with Crippen molar-refractivity contribution in [2.45, 2.75) is 132 Å². The molecule has 0 bridgehead atoms. The van der Waals surface area contributed by atoms with Crippen LogP contribution < -0.4 is 16.0 Å². The molecule has 6 N–H and O–H groups in total. The van der Waals surface area contributed by atoms with Gasteiger partial charge in [0.25, 0.3) is 0 Å². The van der Waals surface area contributed by atoms with E-state index in [0.717, 1.165) is 127 Å². The van der Waals surface area contributed by atoms with E-state index in [-0.39, 0.29) is 87.1 Å². The first kappa shape index (κ1) is 70.7. The number of nitrogens with zero attached hydrogens (tertiary/aromatic N) is 15. The molecule has 552 valence electrons. The fraction of sp³-hybridized carbons (Fsp3) is 0.280. The molecule has 108 heavy (non-hydrogen) atoms. The Hall–Kier alpha value is -11.6. The number of anilines is 3. The standard InChI is InChI=1S/3C25H20F4N6O/c3*26-16-8-15(10-30-11-16)22-33-23-20(21(36)25(27,28)29)12-31-35(23)24(34-22)32-17-6-5-14-7-13-3-1-2-4-18(13)19(14)9-17/h3*1-4,8,10-12,17,21,36H,5-7,9H2,(H,32,33,34)/t17-,21?;17-,21+;17-,21-/m111/s1. The molecule has 0 saturated carbocycles. The number of pyridine rings is 3. The Balaban J connectivity index is 0.000000124. The first-order valence-electron chi connectivity index (χ1n) is 34.3. The molecule has 3 aromatic carbocycles. The number of alkyl halides is 9. The zero-order chi connectivity index (χ0) is 75.1. The normalized spacial score (nSPS) is 18.3. The predicted molar refractivity (Wildman–Crippen MR) is 370 cm³/mol. The maximum atomic E-state index is 13.8. The molecule has 0 aliphatic heterocycles. The third-order valence-electron chi connectivity index (χ3n) is 20.1. The molecular formula is C75H60F12N18O3. The average Bonchev–Trinajstić information content (AvgIpc) is 1.61. The van der Waals surface area contributed by atoms with Gasteiger partial charge in [0, 0.05) is 53.4 Å². The molecule has 1 unspecified atom stereocenters. The van der Waals surface area contributed by atoms with Crippen LogP contribution in [0, 0.1) is 17.5 Å². The van der Waals surface area contributed by atoms with Gasteiger partial charge in [-0.1, -0.05) is 89.5 Å². The van der Waals surface area contributed by atoms with E-state index < -0.39 is 71.0 Å². The van der Waals surface area contributed by atoms with Crippen molar-refractivity contribution in [3.63, 3.8) is 0 Å². The first-order chi connectivity index (χ1) is 51.8. The molecule has 12 aromatic rings. The van der Waals surface area contributed by atoms with Crippen molar-refractivity contribution in [1.29, 1.82) is 0 Å². The van der Waals surface area contributed by atoms with E-state index in [1.165, 1.54) is 85.4 Å². The first-order valence-corrected chi connectivity index (χ1v) is 34.3. The number of halogens is 12. The maximum absolute atomic E-state index is 13.8. The third kappa shape index (κ3) is 13.9. The summed E-state index contributed by atoms with van der Waals surface area (Å²) < 4.78 is 165. The molecule has 0 fully saturated rings. The van der Waals surface area contributed by atoms with Crippen LogP contribution in [0.15, 0.2) is 163 Å². The van der Waals surface area contributed by atoms with Gasteiger partial charge in [0.15, 0.2) is 52.7 Å². The fourth-order valence-electron chi connectivity index (χ4n) is 15.0.